The molecule has 0 aliphatic carbocycles. The van der Waals surface area contributed by atoms with Gasteiger partial charge in [-0.05, 0) is 18.2 Å². The van der Waals surface area contributed by atoms with Crippen molar-refractivity contribution in [3.8, 4) is 0 Å². The second kappa shape index (κ2) is 5.01. The molecule has 0 radical (unpaired) electrons. The summed E-state index contributed by atoms with van der Waals surface area (Å²) >= 11 is 1.13. The molecular formula is C10H9FN2O3S2. The van der Waals surface area contributed by atoms with E-state index in [1.807, 2.05) is 0 Å². The van der Waals surface area contributed by atoms with Crippen LogP contribution >= 0.6 is 11.3 Å². The number of aliphatic hydroxyl groups excluding tert-OH is 1. The van der Waals surface area contributed by atoms with Gasteiger partial charge in [-0.2, -0.15) is 0 Å². The Balaban J connectivity index is 2.35. The quantitative estimate of drug-likeness (QED) is 0.895. The third kappa shape index (κ3) is 2.66. The topological polar surface area (TPSA) is 79.3 Å². The third-order valence-corrected chi connectivity index (χ3v) is 4.31. The van der Waals surface area contributed by atoms with Crippen LogP contribution in [-0.4, -0.2) is 18.5 Å². The van der Waals surface area contributed by atoms with Crippen molar-refractivity contribution in [2.75, 3.05) is 4.72 Å². The van der Waals surface area contributed by atoms with E-state index >= 15 is 0 Å². The van der Waals surface area contributed by atoms with E-state index in [0.29, 0.717) is 0 Å². The Morgan fingerprint density at radius 3 is 2.83 bits per heavy atom. The van der Waals surface area contributed by atoms with Gasteiger partial charge in [-0.25, -0.2) is 17.8 Å². The zero-order valence-electron chi connectivity index (χ0n) is 9.00. The molecule has 96 valence electrons. The van der Waals surface area contributed by atoms with Crippen molar-refractivity contribution in [2.24, 2.45) is 0 Å². The summed E-state index contributed by atoms with van der Waals surface area (Å²) in [7, 11) is -3.81. The van der Waals surface area contributed by atoms with Crippen LogP contribution in [0.2, 0.25) is 0 Å². The van der Waals surface area contributed by atoms with Crippen LogP contribution < -0.4 is 4.72 Å². The number of nitrogens with one attached hydrogen (secondary N) is 1. The van der Waals surface area contributed by atoms with E-state index in [2.05, 4.69) is 9.71 Å². The van der Waals surface area contributed by atoms with E-state index in [0.717, 1.165) is 29.5 Å². The zero-order valence-corrected chi connectivity index (χ0v) is 10.6. The van der Waals surface area contributed by atoms with Gasteiger partial charge >= 0.3 is 0 Å². The van der Waals surface area contributed by atoms with Gasteiger partial charge in [-0.1, -0.05) is 0 Å². The van der Waals surface area contributed by atoms with Crippen LogP contribution in [-0.2, 0) is 16.6 Å². The number of sulfonamides is 1. The van der Waals surface area contributed by atoms with Gasteiger partial charge in [0.2, 0.25) is 0 Å². The molecular weight excluding hydrogens is 279 g/mol. The molecule has 0 bridgehead atoms. The van der Waals surface area contributed by atoms with Gasteiger partial charge in [-0.3, -0.25) is 4.72 Å². The molecule has 0 aliphatic rings. The molecule has 0 saturated heterocycles. The lowest BCUT2D eigenvalue weighted by atomic mass is 10.2. The Kier molecular flexibility index (Phi) is 3.60. The van der Waals surface area contributed by atoms with Crippen molar-refractivity contribution >= 4 is 26.5 Å². The van der Waals surface area contributed by atoms with Crippen molar-refractivity contribution in [3.05, 3.63) is 41.2 Å². The number of benzene rings is 1. The summed E-state index contributed by atoms with van der Waals surface area (Å²) in [5.74, 6) is -0.648. The summed E-state index contributed by atoms with van der Waals surface area (Å²) in [5, 5.41) is 10.8. The predicted octanol–water partition coefficient (Wildman–Crippen LogP) is 1.58. The number of hydrogen-bond donors (Lipinski definition) is 2. The Bertz CT molecular complexity index is 641. The van der Waals surface area contributed by atoms with Gasteiger partial charge in [0.1, 0.15) is 5.82 Å². The van der Waals surface area contributed by atoms with E-state index in [1.165, 1.54) is 6.20 Å². The molecule has 0 aliphatic heterocycles. The summed E-state index contributed by atoms with van der Waals surface area (Å²) in [6.45, 7) is -0.563. The number of halogens is 1. The molecule has 1 aromatic heterocycles. The first-order chi connectivity index (χ1) is 8.53. The van der Waals surface area contributed by atoms with Gasteiger partial charge in [0.15, 0.2) is 5.13 Å². The van der Waals surface area contributed by atoms with E-state index in [4.69, 9.17) is 5.11 Å². The van der Waals surface area contributed by atoms with Crippen molar-refractivity contribution < 1.29 is 17.9 Å². The number of aromatic nitrogens is 1. The number of nitrogens with zero attached hydrogens (tertiary/aromatic N) is 1. The first-order valence-corrected chi connectivity index (χ1v) is 7.21. The fourth-order valence-corrected chi connectivity index (χ4v) is 3.13. The van der Waals surface area contributed by atoms with Gasteiger partial charge in [-0.15, -0.1) is 11.3 Å². The monoisotopic (exact) mass is 288 g/mol. The average Bonchev–Trinajstić information content (AvgIpc) is 2.81. The fourth-order valence-electron chi connectivity index (χ4n) is 1.29. The highest BCUT2D eigenvalue weighted by atomic mass is 32.2. The average molecular weight is 288 g/mol. The van der Waals surface area contributed by atoms with Gasteiger partial charge in [0.25, 0.3) is 10.0 Å². The Morgan fingerprint density at radius 1 is 1.44 bits per heavy atom. The molecule has 18 heavy (non-hydrogen) atoms. The summed E-state index contributed by atoms with van der Waals surface area (Å²) < 4.78 is 39.3. The van der Waals surface area contributed by atoms with Crippen LogP contribution in [0.4, 0.5) is 9.52 Å². The number of rotatable bonds is 4. The van der Waals surface area contributed by atoms with Crippen LogP contribution in [0.1, 0.15) is 5.56 Å². The minimum Gasteiger partial charge on any atom is -0.392 e. The predicted molar refractivity (Wildman–Crippen MR) is 65.2 cm³/mol. The van der Waals surface area contributed by atoms with Crippen molar-refractivity contribution in [1.82, 2.24) is 4.98 Å². The maximum absolute atomic E-state index is 13.1. The van der Waals surface area contributed by atoms with Crippen LogP contribution in [0.3, 0.4) is 0 Å². The van der Waals surface area contributed by atoms with Crippen LogP contribution in [0.15, 0.2) is 34.7 Å². The molecule has 0 spiro atoms. The maximum atomic E-state index is 13.1. The van der Waals surface area contributed by atoms with E-state index in [-0.39, 0.29) is 15.6 Å². The van der Waals surface area contributed by atoms with E-state index in [9.17, 15) is 12.8 Å². The number of aliphatic hydroxyl groups is 1. The molecule has 0 unspecified atom stereocenters. The van der Waals surface area contributed by atoms with Crippen molar-refractivity contribution in [2.45, 2.75) is 11.5 Å². The third-order valence-electron chi connectivity index (χ3n) is 2.15. The Labute approximate surface area is 107 Å². The second-order valence-electron chi connectivity index (χ2n) is 3.35. The normalized spacial score (nSPS) is 11.4. The first kappa shape index (κ1) is 12.9. The van der Waals surface area contributed by atoms with Gasteiger partial charge < -0.3 is 5.11 Å². The first-order valence-electron chi connectivity index (χ1n) is 4.84. The zero-order chi connectivity index (χ0) is 13.2. The number of anilines is 1. The van der Waals surface area contributed by atoms with E-state index < -0.39 is 22.4 Å². The highest BCUT2D eigenvalue weighted by Gasteiger charge is 2.17. The lowest BCUT2D eigenvalue weighted by molar-refractivity contribution is 0.275. The summed E-state index contributed by atoms with van der Waals surface area (Å²) in [4.78, 5) is 3.67. The molecule has 1 aromatic carbocycles. The molecule has 0 atom stereocenters. The molecule has 0 fully saturated rings. The molecule has 2 aromatic rings. The molecule has 5 nitrogen and oxygen atoms in total. The van der Waals surface area contributed by atoms with Crippen LogP contribution in [0, 0.1) is 5.82 Å². The SMILES string of the molecule is O=S(=O)(Nc1nccs1)c1ccc(F)c(CO)c1. The summed E-state index contributed by atoms with van der Waals surface area (Å²) in [6, 6.07) is 3.22. The highest BCUT2D eigenvalue weighted by Crippen LogP contribution is 2.20. The number of thiazole rings is 1. The smallest absolute Gasteiger partial charge is 0.263 e. The minimum atomic E-state index is -3.81. The maximum Gasteiger partial charge on any atom is 0.263 e. The Hall–Kier alpha value is -1.51. The van der Waals surface area contributed by atoms with Crippen molar-refractivity contribution in [1.29, 1.82) is 0 Å². The van der Waals surface area contributed by atoms with Gasteiger partial charge in [0.05, 0.1) is 11.5 Å². The molecule has 1 heterocycles. The molecule has 0 amide bonds. The Morgan fingerprint density at radius 2 is 2.22 bits per heavy atom. The molecule has 0 saturated carbocycles. The van der Waals surface area contributed by atoms with Crippen LogP contribution in [0.5, 0.6) is 0 Å². The lowest BCUT2D eigenvalue weighted by Gasteiger charge is -2.07. The highest BCUT2D eigenvalue weighted by molar-refractivity contribution is 7.93. The number of hydrogen-bond acceptors (Lipinski definition) is 5. The molecule has 2 rings (SSSR count). The lowest BCUT2D eigenvalue weighted by Crippen LogP contribution is -2.13. The molecule has 8 heteroatoms. The minimum absolute atomic E-state index is 0.0722. The molecule has 2 N–H and O–H groups in total. The largest absolute Gasteiger partial charge is 0.392 e. The summed E-state index contributed by atoms with van der Waals surface area (Å²) in [6.07, 6.45) is 1.46. The van der Waals surface area contributed by atoms with Crippen molar-refractivity contribution in [3.63, 3.8) is 0 Å². The van der Waals surface area contributed by atoms with E-state index in [1.54, 1.807) is 5.38 Å². The summed E-state index contributed by atoms with van der Waals surface area (Å²) in [5.41, 5.74) is -0.0722. The van der Waals surface area contributed by atoms with Crippen LogP contribution in [0.25, 0.3) is 0 Å². The second-order valence-corrected chi connectivity index (χ2v) is 5.93. The fraction of sp³-hybridized carbons (Fsp3) is 0.100. The van der Waals surface area contributed by atoms with Gasteiger partial charge in [0, 0.05) is 17.1 Å². The standard InChI is InChI=1S/C10H9FN2O3S2/c11-9-2-1-8(5-7(9)6-14)18(15,16)13-10-12-3-4-17-10/h1-5,14H,6H2,(H,12,13).